The van der Waals surface area contributed by atoms with Gasteiger partial charge in [0.1, 0.15) is 11.7 Å². The normalized spacial score (nSPS) is 15.2. The lowest BCUT2D eigenvalue weighted by atomic mass is 10.2. The van der Waals surface area contributed by atoms with E-state index in [-0.39, 0.29) is 17.4 Å². The summed E-state index contributed by atoms with van der Waals surface area (Å²) in [5, 5.41) is 20.9. The van der Waals surface area contributed by atoms with E-state index in [4.69, 9.17) is 9.84 Å². The van der Waals surface area contributed by atoms with Crippen molar-refractivity contribution in [1.29, 1.82) is 0 Å². The van der Waals surface area contributed by atoms with Gasteiger partial charge < -0.3 is 14.9 Å². The van der Waals surface area contributed by atoms with Gasteiger partial charge in [-0.05, 0) is 37.8 Å². The number of carbonyl (C=O) groups excluding carboxylic acids is 1. The zero-order chi connectivity index (χ0) is 13.8. The monoisotopic (exact) mass is 265 g/mol. The highest BCUT2D eigenvalue weighted by Crippen LogP contribution is 2.28. The van der Waals surface area contributed by atoms with E-state index >= 15 is 0 Å². The van der Waals surface area contributed by atoms with Crippen LogP contribution in [0.15, 0.2) is 18.2 Å². The molecule has 0 saturated heterocycles. The van der Waals surface area contributed by atoms with Crippen molar-refractivity contribution in [2.75, 3.05) is 5.32 Å². The molecular weight excluding hydrogens is 250 g/mol. The van der Waals surface area contributed by atoms with Gasteiger partial charge in [0.25, 0.3) is 0 Å². The van der Waals surface area contributed by atoms with Crippen molar-refractivity contribution in [3.05, 3.63) is 23.8 Å². The maximum atomic E-state index is 11.6. The summed E-state index contributed by atoms with van der Waals surface area (Å²) in [6, 6.07) is 4.11. The second kappa shape index (κ2) is 5.60. The number of hydrogen-bond donors (Lipinski definition) is 3. The molecule has 1 fully saturated rings. The summed E-state index contributed by atoms with van der Waals surface area (Å²) < 4.78 is 5.16. The first-order valence-corrected chi connectivity index (χ1v) is 6.11. The lowest BCUT2D eigenvalue weighted by Crippen LogP contribution is -2.20. The van der Waals surface area contributed by atoms with Crippen LogP contribution in [0.4, 0.5) is 10.5 Å². The van der Waals surface area contributed by atoms with Crippen LogP contribution < -0.4 is 5.32 Å². The average Bonchev–Trinajstić information content (AvgIpc) is 2.84. The number of ether oxygens (including phenoxy) is 1. The topological polar surface area (TPSA) is 95.9 Å². The second-order valence-corrected chi connectivity index (χ2v) is 4.44. The highest BCUT2D eigenvalue weighted by atomic mass is 16.6. The van der Waals surface area contributed by atoms with E-state index in [2.05, 4.69) is 5.32 Å². The predicted octanol–water partition coefficient (Wildman–Crippen LogP) is 2.58. The lowest BCUT2D eigenvalue weighted by Gasteiger charge is -2.13. The van der Waals surface area contributed by atoms with Gasteiger partial charge in [0.2, 0.25) is 0 Å². The largest absolute Gasteiger partial charge is 0.505 e. The number of carbonyl (C=O) groups is 2. The summed E-state index contributed by atoms with van der Waals surface area (Å²) in [5.74, 6) is -1.73. The molecule has 2 rings (SSSR count). The van der Waals surface area contributed by atoms with Gasteiger partial charge in [0, 0.05) is 0 Å². The van der Waals surface area contributed by atoms with Crippen LogP contribution in [-0.2, 0) is 4.74 Å². The number of aromatic carboxylic acids is 1. The van der Waals surface area contributed by atoms with Gasteiger partial charge in [-0.1, -0.05) is 6.07 Å². The minimum atomic E-state index is -1.26. The summed E-state index contributed by atoms with van der Waals surface area (Å²) in [5.41, 5.74) is -0.235. The quantitative estimate of drug-likeness (QED) is 0.730. The smallest absolute Gasteiger partial charge is 0.412 e. The van der Waals surface area contributed by atoms with Crippen LogP contribution in [0.5, 0.6) is 5.75 Å². The van der Waals surface area contributed by atoms with Gasteiger partial charge in [-0.3, -0.25) is 5.32 Å². The molecule has 0 bridgehead atoms. The Balaban J connectivity index is 2.04. The summed E-state index contributed by atoms with van der Waals surface area (Å²) in [4.78, 5) is 22.4. The van der Waals surface area contributed by atoms with Crippen molar-refractivity contribution in [3.8, 4) is 5.75 Å². The van der Waals surface area contributed by atoms with Crippen LogP contribution in [-0.4, -0.2) is 28.4 Å². The lowest BCUT2D eigenvalue weighted by molar-refractivity contribution is 0.0693. The van der Waals surface area contributed by atoms with Gasteiger partial charge in [-0.2, -0.15) is 0 Å². The molecule has 0 spiro atoms. The van der Waals surface area contributed by atoms with E-state index in [1.807, 2.05) is 0 Å². The molecule has 1 aromatic rings. The molecular formula is C13H15NO5. The highest BCUT2D eigenvalue weighted by Gasteiger charge is 2.20. The van der Waals surface area contributed by atoms with Crippen molar-refractivity contribution in [2.45, 2.75) is 31.8 Å². The molecule has 0 unspecified atom stereocenters. The molecule has 102 valence electrons. The number of benzene rings is 1. The van der Waals surface area contributed by atoms with Crippen LogP contribution in [0.2, 0.25) is 0 Å². The minimum absolute atomic E-state index is 0.0305. The Morgan fingerprint density at radius 2 is 1.95 bits per heavy atom. The Bertz CT molecular complexity index is 494. The van der Waals surface area contributed by atoms with Crippen LogP contribution in [0.1, 0.15) is 36.0 Å². The Morgan fingerprint density at radius 3 is 2.58 bits per heavy atom. The predicted molar refractivity (Wildman–Crippen MR) is 67.4 cm³/mol. The summed E-state index contributed by atoms with van der Waals surface area (Å²) in [7, 11) is 0. The SMILES string of the molecule is O=C(Nc1cccc(C(=O)O)c1O)OC1CCCC1. The number of carboxylic acid groups (broad SMARTS) is 1. The third-order valence-corrected chi connectivity index (χ3v) is 3.08. The van der Waals surface area contributed by atoms with E-state index < -0.39 is 17.8 Å². The fourth-order valence-electron chi connectivity index (χ4n) is 2.11. The van der Waals surface area contributed by atoms with Crippen LogP contribution in [0.25, 0.3) is 0 Å². The molecule has 0 aliphatic heterocycles. The van der Waals surface area contributed by atoms with E-state index in [1.54, 1.807) is 0 Å². The van der Waals surface area contributed by atoms with Crippen molar-refractivity contribution < 1.29 is 24.5 Å². The molecule has 1 aliphatic rings. The van der Waals surface area contributed by atoms with Crippen molar-refractivity contribution >= 4 is 17.7 Å². The number of phenols is 1. The summed E-state index contributed by atoms with van der Waals surface area (Å²) >= 11 is 0. The number of amides is 1. The Labute approximate surface area is 110 Å². The molecule has 19 heavy (non-hydrogen) atoms. The molecule has 1 amide bonds. The average molecular weight is 265 g/mol. The fourth-order valence-corrected chi connectivity index (χ4v) is 2.11. The first-order valence-electron chi connectivity index (χ1n) is 6.11. The van der Waals surface area contributed by atoms with Crippen molar-refractivity contribution in [1.82, 2.24) is 0 Å². The van der Waals surface area contributed by atoms with Crippen molar-refractivity contribution in [3.63, 3.8) is 0 Å². The summed E-state index contributed by atoms with van der Waals surface area (Å²) in [6.07, 6.45) is 2.99. The third-order valence-electron chi connectivity index (χ3n) is 3.08. The zero-order valence-corrected chi connectivity index (χ0v) is 10.3. The molecule has 1 aromatic carbocycles. The van der Waals surface area contributed by atoms with E-state index in [0.717, 1.165) is 25.7 Å². The van der Waals surface area contributed by atoms with Gasteiger partial charge in [0.15, 0.2) is 5.75 Å². The number of rotatable bonds is 3. The summed E-state index contributed by atoms with van der Waals surface area (Å²) in [6.45, 7) is 0. The molecule has 3 N–H and O–H groups in total. The first-order chi connectivity index (χ1) is 9.08. The number of hydrogen-bond acceptors (Lipinski definition) is 4. The second-order valence-electron chi connectivity index (χ2n) is 4.44. The van der Waals surface area contributed by atoms with E-state index in [9.17, 15) is 14.7 Å². The molecule has 0 aromatic heterocycles. The number of carboxylic acids is 1. The van der Waals surface area contributed by atoms with Gasteiger partial charge in [-0.15, -0.1) is 0 Å². The molecule has 1 aliphatic carbocycles. The number of nitrogens with one attached hydrogen (secondary N) is 1. The molecule has 1 saturated carbocycles. The number of anilines is 1. The van der Waals surface area contributed by atoms with E-state index in [1.165, 1.54) is 18.2 Å². The molecule has 6 heteroatoms. The Hall–Kier alpha value is -2.24. The number of aromatic hydroxyl groups is 1. The Morgan fingerprint density at radius 1 is 1.26 bits per heavy atom. The van der Waals surface area contributed by atoms with Crippen molar-refractivity contribution in [2.24, 2.45) is 0 Å². The fraction of sp³-hybridized carbons (Fsp3) is 0.385. The molecule has 6 nitrogen and oxygen atoms in total. The standard InChI is InChI=1S/C13H15NO5/c15-11-9(12(16)17)6-3-7-10(11)14-13(18)19-8-4-1-2-5-8/h3,6-8,15H,1-2,4-5H2,(H,14,18)(H,16,17). The zero-order valence-electron chi connectivity index (χ0n) is 10.3. The maximum Gasteiger partial charge on any atom is 0.412 e. The highest BCUT2D eigenvalue weighted by molar-refractivity contribution is 5.96. The molecule has 0 radical (unpaired) electrons. The first kappa shape index (κ1) is 13.2. The third kappa shape index (κ3) is 3.15. The van der Waals surface area contributed by atoms with E-state index in [0.29, 0.717) is 0 Å². The molecule has 0 heterocycles. The van der Waals surface area contributed by atoms with Gasteiger partial charge in [0.05, 0.1) is 5.69 Å². The van der Waals surface area contributed by atoms with Crippen LogP contribution in [0, 0.1) is 0 Å². The van der Waals surface area contributed by atoms with Gasteiger partial charge >= 0.3 is 12.1 Å². The maximum absolute atomic E-state index is 11.6. The minimum Gasteiger partial charge on any atom is -0.505 e. The molecule has 0 atom stereocenters. The Kier molecular flexibility index (Phi) is 3.89. The van der Waals surface area contributed by atoms with Crippen LogP contribution in [0.3, 0.4) is 0 Å². The van der Waals surface area contributed by atoms with Gasteiger partial charge in [-0.25, -0.2) is 9.59 Å². The van der Waals surface area contributed by atoms with Crippen LogP contribution >= 0.6 is 0 Å². The number of para-hydroxylation sites is 1.